The number of halogens is 2. The fraction of sp³-hybridized carbons (Fsp3) is 0.400. The minimum Gasteiger partial charge on any atom is -0.395 e. The molecule has 1 rings (SSSR count). The van der Waals surface area contributed by atoms with Gasteiger partial charge in [-0.25, -0.2) is 13.6 Å². The van der Waals surface area contributed by atoms with Crippen molar-refractivity contribution in [3.63, 3.8) is 0 Å². The van der Waals surface area contributed by atoms with E-state index in [-0.39, 0.29) is 18.7 Å². The Hall–Kier alpha value is -2.13. The van der Waals surface area contributed by atoms with Gasteiger partial charge in [-0.1, -0.05) is 19.3 Å². The summed E-state index contributed by atoms with van der Waals surface area (Å²) in [6.45, 7) is 2.22. The van der Waals surface area contributed by atoms with Gasteiger partial charge in [0.25, 0.3) is 0 Å². The highest BCUT2D eigenvalue weighted by atomic mass is 19.1. The van der Waals surface area contributed by atoms with Gasteiger partial charge in [0.05, 0.1) is 6.61 Å². The predicted octanol–water partition coefficient (Wildman–Crippen LogP) is 2.57. The van der Waals surface area contributed by atoms with Crippen molar-refractivity contribution in [2.45, 2.75) is 19.8 Å². The second kappa shape index (κ2) is 8.22. The fourth-order valence-corrected chi connectivity index (χ4v) is 1.75. The first-order valence-corrected chi connectivity index (χ1v) is 6.65. The SMILES string of the molecule is C#Cc1cc(F)c(NC(=O)N(CCO)CCCC)c(F)c1. The molecule has 0 saturated heterocycles. The van der Waals surface area contributed by atoms with Gasteiger partial charge in [0, 0.05) is 18.7 Å². The van der Waals surface area contributed by atoms with Crippen molar-refractivity contribution in [3.05, 3.63) is 29.3 Å². The number of hydrogen-bond acceptors (Lipinski definition) is 2. The number of carbonyl (C=O) groups is 1. The molecule has 0 aliphatic rings. The maximum atomic E-state index is 13.7. The first kappa shape index (κ1) is 16.9. The lowest BCUT2D eigenvalue weighted by Crippen LogP contribution is -2.38. The van der Waals surface area contributed by atoms with Gasteiger partial charge >= 0.3 is 6.03 Å². The smallest absolute Gasteiger partial charge is 0.322 e. The van der Waals surface area contributed by atoms with Crippen molar-refractivity contribution >= 4 is 11.7 Å². The second-order valence-corrected chi connectivity index (χ2v) is 4.45. The average molecular weight is 296 g/mol. The minimum absolute atomic E-state index is 0.0567. The Balaban J connectivity index is 2.88. The number of carbonyl (C=O) groups excluding carboxylic acids is 1. The summed E-state index contributed by atoms with van der Waals surface area (Å²) in [7, 11) is 0. The van der Waals surface area contributed by atoms with Crippen molar-refractivity contribution in [2.75, 3.05) is 25.0 Å². The highest BCUT2D eigenvalue weighted by molar-refractivity contribution is 5.89. The van der Waals surface area contributed by atoms with Crippen LogP contribution in [0.2, 0.25) is 0 Å². The molecule has 0 radical (unpaired) electrons. The van der Waals surface area contributed by atoms with Crippen LogP contribution < -0.4 is 5.32 Å². The zero-order valence-corrected chi connectivity index (χ0v) is 11.8. The zero-order valence-electron chi connectivity index (χ0n) is 11.8. The molecule has 2 amide bonds. The molecule has 6 heteroatoms. The molecule has 0 atom stereocenters. The molecule has 0 fully saturated rings. The Morgan fingerprint density at radius 1 is 1.38 bits per heavy atom. The van der Waals surface area contributed by atoms with Crippen LogP contribution in [0.1, 0.15) is 25.3 Å². The average Bonchev–Trinajstić information content (AvgIpc) is 2.46. The van der Waals surface area contributed by atoms with Crippen molar-refractivity contribution in [1.82, 2.24) is 4.90 Å². The molecular weight excluding hydrogens is 278 g/mol. The number of amides is 2. The van der Waals surface area contributed by atoms with Crippen LogP contribution in [0.3, 0.4) is 0 Å². The third kappa shape index (κ3) is 4.72. The van der Waals surface area contributed by atoms with Crippen LogP contribution in [-0.2, 0) is 0 Å². The lowest BCUT2D eigenvalue weighted by molar-refractivity contribution is 0.187. The van der Waals surface area contributed by atoms with Gasteiger partial charge in [-0.3, -0.25) is 0 Å². The lowest BCUT2D eigenvalue weighted by atomic mass is 10.2. The number of unbranched alkanes of at least 4 members (excludes halogenated alkanes) is 1. The highest BCUT2D eigenvalue weighted by Crippen LogP contribution is 2.21. The Morgan fingerprint density at radius 2 is 2.00 bits per heavy atom. The van der Waals surface area contributed by atoms with E-state index in [4.69, 9.17) is 11.5 Å². The maximum Gasteiger partial charge on any atom is 0.322 e. The monoisotopic (exact) mass is 296 g/mol. The number of aliphatic hydroxyl groups is 1. The van der Waals surface area contributed by atoms with Gasteiger partial charge in [-0.2, -0.15) is 0 Å². The van der Waals surface area contributed by atoms with Crippen LogP contribution in [0.4, 0.5) is 19.3 Å². The first-order valence-electron chi connectivity index (χ1n) is 6.65. The van der Waals surface area contributed by atoms with E-state index < -0.39 is 23.4 Å². The van der Waals surface area contributed by atoms with E-state index in [0.29, 0.717) is 6.54 Å². The second-order valence-electron chi connectivity index (χ2n) is 4.45. The lowest BCUT2D eigenvalue weighted by Gasteiger charge is -2.22. The van der Waals surface area contributed by atoms with E-state index in [2.05, 4.69) is 11.2 Å². The van der Waals surface area contributed by atoms with Gasteiger partial charge in [0.15, 0.2) is 11.6 Å². The van der Waals surface area contributed by atoms with E-state index in [0.717, 1.165) is 25.0 Å². The summed E-state index contributed by atoms with van der Waals surface area (Å²) in [5, 5.41) is 11.1. The third-order valence-corrected chi connectivity index (χ3v) is 2.88. The molecule has 0 saturated carbocycles. The molecule has 0 aromatic heterocycles. The van der Waals surface area contributed by atoms with Gasteiger partial charge < -0.3 is 15.3 Å². The molecular formula is C15H18F2N2O2. The van der Waals surface area contributed by atoms with Gasteiger partial charge in [0.1, 0.15) is 5.69 Å². The van der Waals surface area contributed by atoms with Crippen molar-refractivity contribution in [2.24, 2.45) is 0 Å². The van der Waals surface area contributed by atoms with Crippen molar-refractivity contribution < 1.29 is 18.7 Å². The number of benzene rings is 1. The number of rotatable bonds is 6. The van der Waals surface area contributed by atoms with Gasteiger partial charge in [0.2, 0.25) is 0 Å². The van der Waals surface area contributed by atoms with Crippen LogP contribution in [0.25, 0.3) is 0 Å². The molecule has 0 bridgehead atoms. The minimum atomic E-state index is -0.935. The van der Waals surface area contributed by atoms with E-state index in [1.807, 2.05) is 6.92 Å². The summed E-state index contributed by atoms with van der Waals surface area (Å²) in [6, 6.07) is 1.28. The third-order valence-electron chi connectivity index (χ3n) is 2.88. The van der Waals surface area contributed by atoms with Gasteiger partial charge in [-0.15, -0.1) is 6.42 Å². The Morgan fingerprint density at radius 3 is 2.48 bits per heavy atom. The first-order chi connectivity index (χ1) is 10.0. The summed E-state index contributed by atoms with van der Waals surface area (Å²) >= 11 is 0. The molecule has 114 valence electrons. The normalized spacial score (nSPS) is 10.0. The number of nitrogens with one attached hydrogen (secondary N) is 1. The fourth-order valence-electron chi connectivity index (χ4n) is 1.75. The summed E-state index contributed by atoms with van der Waals surface area (Å²) < 4.78 is 27.5. The van der Waals surface area contributed by atoms with Crippen LogP contribution in [0.5, 0.6) is 0 Å². The number of hydrogen-bond donors (Lipinski definition) is 2. The van der Waals surface area contributed by atoms with Gasteiger partial charge in [-0.05, 0) is 18.6 Å². The van der Waals surface area contributed by atoms with E-state index in [1.165, 1.54) is 4.90 Å². The number of urea groups is 1. The largest absolute Gasteiger partial charge is 0.395 e. The molecule has 1 aromatic rings. The number of nitrogens with zero attached hydrogens (tertiary/aromatic N) is 1. The molecule has 0 aliphatic heterocycles. The molecule has 21 heavy (non-hydrogen) atoms. The van der Waals surface area contributed by atoms with E-state index >= 15 is 0 Å². The Bertz CT molecular complexity index is 518. The Kier molecular flexibility index (Phi) is 6.63. The topological polar surface area (TPSA) is 52.6 Å². The zero-order chi connectivity index (χ0) is 15.8. The standard InChI is InChI=1S/C15H18F2N2O2/c1-3-5-6-19(7-8-20)15(21)18-14-12(16)9-11(4-2)10-13(14)17/h2,9-10,20H,3,5-8H2,1H3,(H,18,21). The highest BCUT2D eigenvalue weighted by Gasteiger charge is 2.18. The summed E-state index contributed by atoms with van der Waals surface area (Å²) in [5.74, 6) is 0.255. The van der Waals surface area contributed by atoms with Crippen LogP contribution in [0.15, 0.2) is 12.1 Å². The van der Waals surface area contributed by atoms with Crippen molar-refractivity contribution in [3.8, 4) is 12.3 Å². The summed E-state index contributed by atoms with van der Waals surface area (Å²) in [6.07, 6.45) is 6.66. The quantitative estimate of drug-likeness (QED) is 0.793. The van der Waals surface area contributed by atoms with Crippen LogP contribution in [-0.4, -0.2) is 35.7 Å². The molecule has 0 heterocycles. The predicted molar refractivity (Wildman–Crippen MR) is 76.9 cm³/mol. The van der Waals surface area contributed by atoms with Crippen LogP contribution >= 0.6 is 0 Å². The summed E-state index contributed by atoms with van der Waals surface area (Å²) in [4.78, 5) is 13.3. The molecule has 0 aliphatic carbocycles. The molecule has 0 unspecified atom stereocenters. The van der Waals surface area contributed by atoms with Crippen LogP contribution in [0, 0.1) is 24.0 Å². The molecule has 2 N–H and O–H groups in total. The molecule has 4 nitrogen and oxygen atoms in total. The number of aliphatic hydroxyl groups excluding tert-OH is 1. The number of terminal acetylenes is 1. The molecule has 1 aromatic carbocycles. The van der Waals surface area contributed by atoms with E-state index in [9.17, 15) is 13.6 Å². The van der Waals surface area contributed by atoms with E-state index in [1.54, 1.807) is 0 Å². The summed E-state index contributed by atoms with van der Waals surface area (Å²) in [5.41, 5.74) is -0.486. The van der Waals surface area contributed by atoms with Crippen molar-refractivity contribution in [1.29, 1.82) is 0 Å². The number of anilines is 1. The Labute approximate surface area is 122 Å². The molecule has 0 spiro atoms. The maximum absolute atomic E-state index is 13.7.